The van der Waals surface area contributed by atoms with Crippen LogP contribution in [0.5, 0.6) is 11.5 Å². The van der Waals surface area contributed by atoms with Crippen LogP contribution in [-0.2, 0) is 11.2 Å². The normalized spacial score (nSPS) is 14.3. The summed E-state index contributed by atoms with van der Waals surface area (Å²) in [6.45, 7) is 2.25. The van der Waals surface area contributed by atoms with Crippen LogP contribution in [0.4, 0.5) is 4.79 Å². The molecule has 0 atom stereocenters. The van der Waals surface area contributed by atoms with Crippen molar-refractivity contribution in [2.75, 3.05) is 54.5 Å². The maximum absolute atomic E-state index is 12.5. The number of urea groups is 1. The highest BCUT2D eigenvalue weighted by molar-refractivity contribution is 5.80. The van der Waals surface area contributed by atoms with Gasteiger partial charge in [-0.2, -0.15) is 0 Å². The molecule has 7 heteroatoms. The van der Waals surface area contributed by atoms with Crippen molar-refractivity contribution in [2.45, 2.75) is 6.42 Å². The molecule has 0 aromatic heterocycles. The lowest BCUT2D eigenvalue weighted by atomic mass is 10.1. The topological polar surface area (TPSA) is 62.3 Å². The summed E-state index contributed by atoms with van der Waals surface area (Å²) in [5, 5.41) is 0. The van der Waals surface area contributed by atoms with Crippen LogP contribution in [0.1, 0.15) is 5.56 Å². The van der Waals surface area contributed by atoms with Crippen LogP contribution in [0.15, 0.2) is 18.2 Å². The van der Waals surface area contributed by atoms with E-state index in [1.807, 2.05) is 12.1 Å². The number of rotatable bonds is 4. The van der Waals surface area contributed by atoms with E-state index in [2.05, 4.69) is 0 Å². The minimum Gasteiger partial charge on any atom is -0.493 e. The van der Waals surface area contributed by atoms with E-state index in [0.717, 1.165) is 5.56 Å². The number of methoxy groups -OCH3 is 2. The van der Waals surface area contributed by atoms with Gasteiger partial charge in [0.15, 0.2) is 11.5 Å². The Labute approximate surface area is 142 Å². The average Bonchev–Trinajstić information content (AvgIpc) is 2.60. The zero-order valence-electron chi connectivity index (χ0n) is 14.7. The van der Waals surface area contributed by atoms with Crippen molar-refractivity contribution in [3.05, 3.63) is 23.8 Å². The monoisotopic (exact) mass is 335 g/mol. The van der Waals surface area contributed by atoms with Gasteiger partial charge in [0.05, 0.1) is 20.6 Å². The molecular weight excluding hydrogens is 310 g/mol. The van der Waals surface area contributed by atoms with E-state index in [9.17, 15) is 9.59 Å². The predicted octanol–water partition coefficient (Wildman–Crippen LogP) is 1.07. The number of piperazine rings is 1. The molecule has 0 radical (unpaired) electrons. The van der Waals surface area contributed by atoms with Gasteiger partial charge in [0, 0.05) is 40.3 Å². The fourth-order valence-electron chi connectivity index (χ4n) is 2.71. The Balaban J connectivity index is 1.93. The molecule has 3 amide bonds. The molecule has 1 aliphatic rings. The minimum absolute atomic E-state index is 0.0120. The first-order valence-electron chi connectivity index (χ1n) is 7.91. The van der Waals surface area contributed by atoms with E-state index >= 15 is 0 Å². The van der Waals surface area contributed by atoms with Crippen LogP contribution in [0.25, 0.3) is 0 Å². The lowest BCUT2D eigenvalue weighted by molar-refractivity contribution is -0.131. The number of benzene rings is 1. The van der Waals surface area contributed by atoms with E-state index in [4.69, 9.17) is 9.47 Å². The SMILES string of the molecule is COc1ccc(CC(=O)N2CCN(C(=O)N(C)C)CC2)cc1OC. The van der Waals surface area contributed by atoms with E-state index in [1.54, 1.807) is 49.1 Å². The second-order valence-corrected chi connectivity index (χ2v) is 5.91. The molecule has 1 aromatic carbocycles. The molecule has 1 fully saturated rings. The fourth-order valence-corrected chi connectivity index (χ4v) is 2.71. The second kappa shape index (κ2) is 7.90. The highest BCUT2D eigenvalue weighted by atomic mass is 16.5. The quantitative estimate of drug-likeness (QED) is 0.826. The van der Waals surface area contributed by atoms with Gasteiger partial charge in [0.1, 0.15) is 0 Å². The Hall–Kier alpha value is -2.44. The number of nitrogens with zero attached hydrogens (tertiary/aromatic N) is 3. The van der Waals surface area contributed by atoms with Gasteiger partial charge >= 0.3 is 6.03 Å². The van der Waals surface area contributed by atoms with Gasteiger partial charge in [-0.3, -0.25) is 4.79 Å². The van der Waals surface area contributed by atoms with Crippen LogP contribution >= 0.6 is 0 Å². The maximum Gasteiger partial charge on any atom is 0.319 e. The Morgan fingerprint density at radius 2 is 1.58 bits per heavy atom. The van der Waals surface area contributed by atoms with E-state index in [-0.39, 0.29) is 11.9 Å². The first-order valence-corrected chi connectivity index (χ1v) is 7.91. The standard InChI is InChI=1S/C17H25N3O4/c1-18(2)17(22)20-9-7-19(8-10-20)16(21)12-13-5-6-14(23-3)15(11-13)24-4/h5-6,11H,7-10,12H2,1-4H3. The number of carbonyl (C=O) groups is 2. The molecule has 0 spiro atoms. The molecule has 1 aromatic rings. The van der Waals surface area contributed by atoms with Crippen LogP contribution in [-0.4, -0.2) is 81.1 Å². The molecule has 1 aliphatic heterocycles. The Morgan fingerprint density at radius 3 is 2.12 bits per heavy atom. The largest absolute Gasteiger partial charge is 0.493 e. The number of amides is 3. The Morgan fingerprint density at radius 1 is 1.00 bits per heavy atom. The molecule has 1 heterocycles. The zero-order chi connectivity index (χ0) is 17.7. The summed E-state index contributed by atoms with van der Waals surface area (Å²) in [6, 6.07) is 5.48. The van der Waals surface area contributed by atoms with Gasteiger partial charge in [-0.05, 0) is 17.7 Å². The van der Waals surface area contributed by atoms with Crippen molar-refractivity contribution in [1.82, 2.24) is 14.7 Å². The zero-order valence-corrected chi connectivity index (χ0v) is 14.7. The van der Waals surface area contributed by atoms with Gasteiger partial charge in [0.25, 0.3) is 0 Å². The highest BCUT2D eigenvalue weighted by Gasteiger charge is 2.25. The van der Waals surface area contributed by atoms with Crippen LogP contribution < -0.4 is 9.47 Å². The molecule has 7 nitrogen and oxygen atoms in total. The van der Waals surface area contributed by atoms with Crippen molar-refractivity contribution < 1.29 is 19.1 Å². The summed E-state index contributed by atoms with van der Waals surface area (Å²) in [7, 11) is 6.62. The summed E-state index contributed by atoms with van der Waals surface area (Å²) in [5.41, 5.74) is 0.879. The Kier molecular flexibility index (Phi) is 5.89. The fraction of sp³-hybridized carbons (Fsp3) is 0.529. The van der Waals surface area contributed by atoms with Crippen LogP contribution in [0, 0.1) is 0 Å². The van der Waals surface area contributed by atoms with Gasteiger partial charge in [-0.15, -0.1) is 0 Å². The molecule has 0 N–H and O–H groups in total. The molecule has 1 saturated heterocycles. The van der Waals surface area contributed by atoms with Crippen molar-refractivity contribution in [3.8, 4) is 11.5 Å². The van der Waals surface area contributed by atoms with Gasteiger partial charge in [-0.25, -0.2) is 4.79 Å². The minimum atomic E-state index is -0.0120. The van der Waals surface area contributed by atoms with Gasteiger partial charge in [-0.1, -0.05) is 6.07 Å². The lowest BCUT2D eigenvalue weighted by Crippen LogP contribution is -2.53. The summed E-state index contributed by atoms with van der Waals surface area (Å²) in [4.78, 5) is 29.5. The van der Waals surface area contributed by atoms with Crippen molar-refractivity contribution in [2.24, 2.45) is 0 Å². The number of hydrogen-bond acceptors (Lipinski definition) is 4. The smallest absolute Gasteiger partial charge is 0.319 e. The third-order valence-electron chi connectivity index (χ3n) is 4.09. The molecule has 2 rings (SSSR count). The highest BCUT2D eigenvalue weighted by Crippen LogP contribution is 2.27. The number of ether oxygens (including phenoxy) is 2. The lowest BCUT2D eigenvalue weighted by Gasteiger charge is -2.36. The number of hydrogen-bond donors (Lipinski definition) is 0. The molecule has 24 heavy (non-hydrogen) atoms. The third-order valence-corrected chi connectivity index (χ3v) is 4.09. The van der Waals surface area contributed by atoms with Crippen molar-refractivity contribution in [1.29, 1.82) is 0 Å². The average molecular weight is 335 g/mol. The van der Waals surface area contributed by atoms with Crippen LogP contribution in [0.2, 0.25) is 0 Å². The van der Waals surface area contributed by atoms with Crippen molar-refractivity contribution in [3.63, 3.8) is 0 Å². The molecule has 0 saturated carbocycles. The van der Waals surface area contributed by atoms with E-state index in [1.165, 1.54) is 0 Å². The van der Waals surface area contributed by atoms with Crippen molar-refractivity contribution >= 4 is 11.9 Å². The summed E-state index contributed by atoms with van der Waals surface area (Å²) in [5.74, 6) is 1.31. The van der Waals surface area contributed by atoms with Gasteiger partial charge in [0.2, 0.25) is 5.91 Å². The predicted molar refractivity (Wildman–Crippen MR) is 90.5 cm³/mol. The first-order chi connectivity index (χ1) is 11.5. The summed E-state index contributed by atoms with van der Waals surface area (Å²) in [6.07, 6.45) is 0.308. The molecule has 132 valence electrons. The third kappa shape index (κ3) is 4.10. The van der Waals surface area contributed by atoms with E-state index in [0.29, 0.717) is 44.1 Å². The molecule has 0 unspecified atom stereocenters. The first kappa shape index (κ1) is 17.9. The van der Waals surface area contributed by atoms with E-state index < -0.39 is 0 Å². The van der Waals surface area contributed by atoms with Gasteiger partial charge < -0.3 is 24.2 Å². The molecule has 0 bridgehead atoms. The molecule has 0 aliphatic carbocycles. The molecular formula is C17H25N3O4. The maximum atomic E-state index is 12.5. The number of carbonyl (C=O) groups excluding carboxylic acids is 2. The summed E-state index contributed by atoms with van der Waals surface area (Å²) < 4.78 is 10.5. The second-order valence-electron chi connectivity index (χ2n) is 5.91. The van der Waals surface area contributed by atoms with Crippen LogP contribution in [0.3, 0.4) is 0 Å². The summed E-state index contributed by atoms with van der Waals surface area (Å²) >= 11 is 0. The Bertz CT molecular complexity index is 595.